The van der Waals surface area contributed by atoms with E-state index in [-0.39, 0.29) is 35.7 Å². The number of nitrogens with one attached hydrogen (secondary N) is 1. The molecule has 0 bridgehead atoms. The Hall–Kier alpha value is -6.24. The normalized spacial score (nSPS) is 17.0. The van der Waals surface area contributed by atoms with Crippen LogP contribution < -0.4 is 25.9 Å². The number of nitrogens with zero attached hydrogens (tertiary/aromatic N) is 6. The van der Waals surface area contributed by atoms with Gasteiger partial charge in [-0.2, -0.15) is 0 Å². The van der Waals surface area contributed by atoms with Crippen LogP contribution in [0.4, 0.5) is 11.5 Å². The number of hydrogen-bond acceptors (Lipinski definition) is 14. The van der Waals surface area contributed by atoms with E-state index in [9.17, 15) is 34.1 Å². The summed E-state index contributed by atoms with van der Waals surface area (Å²) in [6.07, 6.45) is 6.64. The summed E-state index contributed by atoms with van der Waals surface area (Å²) in [4.78, 5) is 62.6. The molecule has 6 N–H and O–H groups in total. The van der Waals surface area contributed by atoms with E-state index in [1.54, 1.807) is 16.7 Å². The summed E-state index contributed by atoms with van der Waals surface area (Å²) >= 11 is 0. The number of benzene rings is 3. The van der Waals surface area contributed by atoms with Crippen molar-refractivity contribution in [2.45, 2.75) is 82.6 Å². The molecule has 66 heavy (non-hydrogen) atoms. The van der Waals surface area contributed by atoms with Gasteiger partial charge < -0.3 is 39.8 Å². The van der Waals surface area contributed by atoms with E-state index in [1.165, 1.54) is 18.7 Å². The van der Waals surface area contributed by atoms with E-state index in [0.29, 0.717) is 46.6 Å². The van der Waals surface area contributed by atoms with Gasteiger partial charge in [-0.05, 0) is 48.7 Å². The van der Waals surface area contributed by atoms with Crippen molar-refractivity contribution in [2.24, 2.45) is 0 Å². The van der Waals surface area contributed by atoms with Gasteiger partial charge in [-0.25, -0.2) is 28.9 Å². The lowest BCUT2D eigenvalue weighted by Crippen LogP contribution is -2.26. The minimum Gasteiger partial charge on any atom is -0.478 e. The summed E-state index contributed by atoms with van der Waals surface area (Å²) in [5.41, 5.74) is 10.4. The standard InChI is InChI=1S/C46H55N8O11P/c1-52(2)29-15-18-32-36(22-29)63-37-23-30(53(3)4)16-19-33(37)41(32)31-17-14-28(21-34(31)46(58)59)45(57)48-20-12-10-8-6-5-7-9-11-13-40(56)65-66(60,61)62-25-38-35(55)24-39(64-38)54-27-51-42-43(47)49-26-50-44(42)54/h14-19,21-23,26-27,35,38-39,55H,5-13,20,24-25H2,1-4H3,(H4-,47,48,49,50,57,58,59,60,61)/p+1. The van der Waals surface area contributed by atoms with Crippen LogP contribution >= 0.6 is 7.82 Å². The molecule has 1 saturated heterocycles. The van der Waals surface area contributed by atoms with Crippen molar-refractivity contribution in [3.8, 4) is 22.5 Å². The number of aliphatic hydroxyl groups is 1. The fourth-order valence-electron chi connectivity index (χ4n) is 8.04. The Bertz CT molecular complexity index is 2820. The molecule has 1 fully saturated rings. The number of carboxylic acids is 1. The van der Waals surface area contributed by atoms with E-state index in [1.807, 2.05) is 74.1 Å². The number of amides is 1. The van der Waals surface area contributed by atoms with Gasteiger partial charge in [0.1, 0.15) is 49.6 Å². The molecule has 2 aromatic heterocycles. The second-order valence-electron chi connectivity index (χ2n) is 16.8. The van der Waals surface area contributed by atoms with Crippen LogP contribution in [0.5, 0.6) is 0 Å². The van der Waals surface area contributed by atoms with Crippen molar-refractivity contribution in [3.63, 3.8) is 0 Å². The summed E-state index contributed by atoms with van der Waals surface area (Å²) in [6.45, 7) is -0.0546. The minimum atomic E-state index is -4.75. The van der Waals surface area contributed by atoms with Gasteiger partial charge in [-0.3, -0.25) is 23.6 Å². The number of anilines is 2. The molecule has 0 saturated carbocycles. The molecule has 1 aliphatic carbocycles. The number of aromatic carboxylic acids is 1. The fraction of sp³-hybridized carbons (Fsp3) is 0.413. The van der Waals surface area contributed by atoms with E-state index in [2.05, 4.69) is 20.3 Å². The topological polar surface area (TPSA) is 258 Å². The first-order valence-corrected chi connectivity index (χ1v) is 23.4. The molecule has 4 heterocycles. The number of unbranched alkanes of at least 4 members (excludes halogenated alkanes) is 7. The first-order valence-electron chi connectivity index (χ1n) is 21.9. The predicted molar refractivity (Wildman–Crippen MR) is 247 cm³/mol. The summed E-state index contributed by atoms with van der Waals surface area (Å²) in [6, 6.07) is 16.4. The van der Waals surface area contributed by atoms with Crippen molar-refractivity contribution in [1.82, 2.24) is 29.4 Å². The minimum absolute atomic E-state index is 0.00933. The molecule has 19 nitrogen and oxygen atoms in total. The van der Waals surface area contributed by atoms with E-state index >= 15 is 0 Å². The van der Waals surface area contributed by atoms with Crippen LogP contribution in [0.2, 0.25) is 0 Å². The van der Waals surface area contributed by atoms with Crippen LogP contribution in [0.1, 0.15) is 91.2 Å². The van der Waals surface area contributed by atoms with Gasteiger partial charge in [0.15, 0.2) is 11.5 Å². The van der Waals surface area contributed by atoms with Crippen LogP contribution in [0.15, 0.2) is 71.7 Å². The highest BCUT2D eigenvalue weighted by Gasteiger charge is 2.38. The number of fused-ring (bicyclic) bond motifs is 3. The van der Waals surface area contributed by atoms with Gasteiger partial charge >= 0.3 is 19.8 Å². The zero-order valence-corrected chi connectivity index (χ0v) is 38.3. The SMILES string of the molecule is CN(C)c1ccc2c(-c3ccc(C(=O)NCCCCCCCCCCC(=O)OP(=O)(O)OCC4OC(n5cnc6c(N)ncnc65)CC4O)cc3C(=O)O)c3ccc(=[N+](C)C)cc-3oc2c1. The molecule has 20 heteroatoms. The van der Waals surface area contributed by atoms with Crippen LogP contribution in [0.3, 0.4) is 0 Å². The third-order valence-electron chi connectivity index (χ3n) is 11.6. The van der Waals surface area contributed by atoms with Gasteiger partial charge in [0.05, 0.1) is 30.7 Å². The Kier molecular flexibility index (Phi) is 15.1. The number of carbonyl (C=O) groups is 3. The van der Waals surface area contributed by atoms with Crippen LogP contribution in [0.25, 0.3) is 44.6 Å². The summed E-state index contributed by atoms with van der Waals surface area (Å²) < 4.78 is 38.0. The zero-order valence-electron chi connectivity index (χ0n) is 37.4. The maximum atomic E-state index is 13.2. The quantitative estimate of drug-likeness (QED) is 0.0256. The van der Waals surface area contributed by atoms with Crippen molar-refractivity contribution >= 4 is 59.3 Å². The maximum Gasteiger partial charge on any atom is 0.529 e. The first kappa shape index (κ1) is 47.7. The molecule has 2 aliphatic heterocycles. The molecular formula is C46H56N8O11P+. The molecule has 4 unspecified atom stereocenters. The van der Waals surface area contributed by atoms with Crippen molar-refractivity contribution in [1.29, 1.82) is 0 Å². The number of nitrogen functional groups attached to an aromatic ring is 1. The third-order valence-corrected chi connectivity index (χ3v) is 12.5. The lowest BCUT2D eigenvalue weighted by molar-refractivity contribution is -0.136. The number of hydrogen-bond donors (Lipinski definition) is 5. The second kappa shape index (κ2) is 20.9. The molecular weight excluding hydrogens is 872 g/mol. The number of phosphoric ester groups is 1. The van der Waals surface area contributed by atoms with Gasteiger partial charge in [0.25, 0.3) is 5.91 Å². The highest BCUT2D eigenvalue weighted by molar-refractivity contribution is 7.48. The number of phosphoric acid groups is 1. The Morgan fingerprint density at radius 1 is 0.955 bits per heavy atom. The van der Waals surface area contributed by atoms with Crippen LogP contribution in [-0.4, -0.2) is 106 Å². The zero-order chi connectivity index (χ0) is 47.1. The monoisotopic (exact) mass is 927 g/mol. The summed E-state index contributed by atoms with van der Waals surface area (Å²) in [5, 5.41) is 25.5. The Balaban J connectivity index is 0.807. The van der Waals surface area contributed by atoms with Gasteiger partial charge in [-0.1, -0.05) is 44.6 Å². The van der Waals surface area contributed by atoms with Gasteiger partial charge in [0.2, 0.25) is 5.36 Å². The number of nitrogens with two attached hydrogens (primary N) is 1. The fourth-order valence-corrected chi connectivity index (χ4v) is 8.78. The summed E-state index contributed by atoms with van der Waals surface area (Å²) in [7, 11) is 3.01. The second-order valence-corrected chi connectivity index (χ2v) is 18.1. The maximum absolute atomic E-state index is 13.2. The predicted octanol–water partition coefficient (Wildman–Crippen LogP) is 5.97. The number of aromatic nitrogens is 4. The first-order chi connectivity index (χ1) is 31.6. The van der Waals surface area contributed by atoms with Gasteiger partial charge in [0, 0.05) is 73.4 Å². The summed E-state index contributed by atoms with van der Waals surface area (Å²) in [5.74, 6) is -1.57. The molecule has 0 radical (unpaired) electrons. The molecule has 2 aromatic carbocycles. The van der Waals surface area contributed by atoms with Crippen molar-refractivity contribution in [3.05, 3.63) is 83.7 Å². The average Bonchev–Trinajstić information content (AvgIpc) is 3.89. The molecule has 4 aromatic rings. The van der Waals surface area contributed by atoms with Gasteiger partial charge in [-0.15, -0.1) is 0 Å². The number of imidazole rings is 1. The Morgan fingerprint density at radius 3 is 2.41 bits per heavy atom. The molecule has 1 amide bonds. The molecule has 0 spiro atoms. The number of carboxylic acid groups (broad SMARTS) is 1. The van der Waals surface area contributed by atoms with Crippen molar-refractivity contribution in [2.75, 3.05) is 52.0 Å². The number of ether oxygens (including phenoxy) is 1. The molecule has 350 valence electrons. The molecule has 3 aliphatic rings. The highest BCUT2D eigenvalue weighted by Crippen LogP contribution is 2.45. The van der Waals surface area contributed by atoms with E-state index < -0.39 is 44.8 Å². The average molecular weight is 928 g/mol. The van der Waals surface area contributed by atoms with Crippen molar-refractivity contribution < 1.29 is 52.3 Å². The smallest absolute Gasteiger partial charge is 0.478 e. The lowest BCUT2D eigenvalue weighted by atomic mass is 9.89. The van der Waals surface area contributed by atoms with Crippen LogP contribution in [0, 0.1) is 0 Å². The number of carbonyl (C=O) groups excluding carboxylic acids is 2. The van der Waals surface area contributed by atoms with Crippen LogP contribution in [-0.2, 0) is 23.1 Å². The number of rotatable bonds is 20. The Labute approximate surface area is 380 Å². The largest absolute Gasteiger partial charge is 0.529 e. The number of aliphatic hydroxyl groups excluding tert-OH is 1. The van der Waals surface area contributed by atoms with E-state index in [4.69, 9.17) is 23.9 Å². The Morgan fingerprint density at radius 2 is 1.68 bits per heavy atom. The lowest BCUT2D eigenvalue weighted by Gasteiger charge is -2.19. The third kappa shape index (κ3) is 11.2. The highest BCUT2D eigenvalue weighted by atomic mass is 31.2. The van der Waals surface area contributed by atoms with E-state index in [0.717, 1.165) is 66.9 Å². The molecule has 4 atom stereocenters. The molecule has 7 rings (SSSR count).